The van der Waals surface area contributed by atoms with Crippen LogP contribution in [0.15, 0.2) is 55.1 Å². The Morgan fingerprint density at radius 3 is 2.25 bits per heavy atom. The molecule has 16 heavy (non-hydrogen) atoms. The third-order valence-corrected chi connectivity index (χ3v) is 2.25. The van der Waals surface area contributed by atoms with Crippen molar-refractivity contribution in [2.45, 2.75) is 6.92 Å². The number of nitrogens with two attached hydrogens (primary N) is 1. The summed E-state index contributed by atoms with van der Waals surface area (Å²) in [4.78, 5) is 0. The molecule has 82 valence electrons. The molecule has 0 aliphatic heterocycles. The Balaban J connectivity index is 3.00. The van der Waals surface area contributed by atoms with Crippen molar-refractivity contribution in [1.82, 2.24) is 0 Å². The van der Waals surface area contributed by atoms with Crippen molar-refractivity contribution in [2.24, 2.45) is 5.73 Å². The molecule has 0 heterocycles. The van der Waals surface area contributed by atoms with Gasteiger partial charge in [0.25, 0.3) is 0 Å². The molecule has 1 rings (SSSR count). The van der Waals surface area contributed by atoms with E-state index in [0.717, 1.165) is 16.7 Å². The molecule has 2 nitrogen and oxygen atoms in total. The molecule has 0 radical (unpaired) electrons. The second-order valence-corrected chi connectivity index (χ2v) is 3.33. The quantitative estimate of drug-likeness (QED) is 0.449. The van der Waals surface area contributed by atoms with Gasteiger partial charge in [0.05, 0.1) is 0 Å². The van der Waals surface area contributed by atoms with Crippen molar-refractivity contribution in [1.29, 1.82) is 5.41 Å². The molecule has 0 aromatic heterocycles. The summed E-state index contributed by atoms with van der Waals surface area (Å²) in [5.41, 5.74) is 8.36. The Labute approximate surface area is 96.3 Å². The Kier molecular flexibility index (Phi) is 4.28. The largest absolute Gasteiger partial charge is 0.384 e. The van der Waals surface area contributed by atoms with Gasteiger partial charge in [-0.15, -0.1) is 0 Å². The summed E-state index contributed by atoms with van der Waals surface area (Å²) in [5.74, 6) is 0.0928. The van der Waals surface area contributed by atoms with Crippen LogP contribution in [0.5, 0.6) is 0 Å². The van der Waals surface area contributed by atoms with Gasteiger partial charge in [-0.05, 0) is 18.1 Å². The zero-order valence-electron chi connectivity index (χ0n) is 9.40. The van der Waals surface area contributed by atoms with Crippen LogP contribution in [0.25, 0.3) is 5.57 Å². The summed E-state index contributed by atoms with van der Waals surface area (Å²) in [6.45, 7) is 5.63. The number of amidine groups is 1. The lowest BCUT2D eigenvalue weighted by Gasteiger charge is -2.03. The number of allylic oxidation sites excluding steroid dienone is 5. The number of nitrogens with one attached hydrogen (secondary N) is 1. The van der Waals surface area contributed by atoms with Crippen molar-refractivity contribution in [3.63, 3.8) is 0 Å². The van der Waals surface area contributed by atoms with Crippen LogP contribution in [-0.4, -0.2) is 5.84 Å². The molecule has 0 unspecified atom stereocenters. The highest BCUT2D eigenvalue weighted by molar-refractivity contribution is 5.95. The maximum absolute atomic E-state index is 7.30. The highest BCUT2D eigenvalue weighted by Gasteiger charge is 1.98. The monoisotopic (exact) mass is 212 g/mol. The van der Waals surface area contributed by atoms with E-state index in [9.17, 15) is 0 Å². The van der Waals surface area contributed by atoms with E-state index < -0.39 is 0 Å². The molecule has 0 saturated heterocycles. The zero-order valence-corrected chi connectivity index (χ0v) is 9.40. The molecule has 1 aromatic carbocycles. The Morgan fingerprint density at radius 1 is 1.25 bits per heavy atom. The van der Waals surface area contributed by atoms with E-state index in [4.69, 9.17) is 11.1 Å². The summed E-state index contributed by atoms with van der Waals surface area (Å²) >= 11 is 0. The van der Waals surface area contributed by atoms with Crippen molar-refractivity contribution < 1.29 is 0 Å². The Morgan fingerprint density at radius 2 is 1.81 bits per heavy atom. The van der Waals surface area contributed by atoms with Gasteiger partial charge in [-0.2, -0.15) is 0 Å². The van der Waals surface area contributed by atoms with Crippen LogP contribution in [0.2, 0.25) is 0 Å². The SMILES string of the molecule is C=C/C=C\C(=C/C)c1ccc(C(=N)N)cc1. The van der Waals surface area contributed by atoms with Crippen molar-refractivity contribution in [3.8, 4) is 0 Å². The van der Waals surface area contributed by atoms with E-state index >= 15 is 0 Å². The molecule has 0 fully saturated rings. The Bertz CT molecular complexity index is 436. The lowest BCUT2D eigenvalue weighted by molar-refractivity contribution is 1.42. The van der Waals surface area contributed by atoms with E-state index in [1.165, 1.54) is 0 Å². The first-order valence-corrected chi connectivity index (χ1v) is 5.09. The van der Waals surface area contributed by atoms with Crippen molar-refractivity contribution >= 4 is 11.4 Å². The fourth-order valence-corrected chi connectivity index (χ4v) is 1.37. The average Bonchev–Trinajstić information content (AvgIpc) is 2.30. The van der Waals surface area contributed by atoms with Gasteiger partial charge < -0.3 is 5.73 Å². The van der Waals surface area contributed by atoms with Crippen LogP contribution in [0.3, 0.4) is 0 Å². The third-order valence-electron chi connectivity index (χ3n) is 2.25. The molecular formula is C14H16N2. The van der Waals surface area contributed by atoms with E-state index in [1.54, 1.807) is 6.08 Å². The first-order valence-electron chi connectivity index (χ1n) is 5.09. The Hall–Kier alpha value is -2.09. The van der Waals surface area contributed by atoms with Crippen molar-refractivity contribution in [2.75, 3.05) is 0 Å². The second kappa shape index (κ2) is 5.71. The number of hydrogen-bond donors (Lipinski definition) is 2. The third kappa shape index (κ3) is 2.95. The van der Waals surface area contributed by atoms with Gasteiger partial charge in [-0.3, -0.25) is 5.41 Å². The maximum Gasteiger partial charge on any atom is 0.122 e. The van der Waals surface area contributed by atoms with Gasteiger partial charge >= 0.3 is 0 Å². The molecule has 3 N–H and O–H groups in total. The predicted octanol–water partition coefficient (Wildman–Crippen LogP) is 3.12. The lowest BCUT2D eigenvalue weighted by atomic mass is 10.0. The normalized spacial score (nSPS) is 11.7. The number of hydrogen-bond acceptors (Lipinski definition) is 1. The molecule has 0 bridgehead atoms. The van der Waals surface area contributed by atoms with Crippen LogP contribution in [0, 0.1) is 5.41 Å². The molecule has 0 aliphatic carbocycles. The molecule has 0 amide bonds. The number of nitrogen functional groups attached to an aromatic ring is 1. The van der Waals surface area contributed by atoms with Crippen LogP contribution < -0.4 is 5.73 Å². The van der Waals surface area contributed by atoms with E-state index in [-0.39, 0.29) is 5.84 Å². The molecular weight excluding hydrogens is 196 g/mol. The average molecular weight is 212 g/mol. The molecule has 0 aliphatic rings. The van der Waals surface area contributed by atoms with Gasteiger partial charge in [-0.1, -0.05) is 55.1 Å². The minimum Gasteiger partial charge on any atom is -0.384 e. The molecule has 2 heteroatoms. The minimum absolute atomic E-state index is 0.0928. The highest BCUT2D eigenvalue weighted by Crippen LogP contribution is 2.16. The summed E-state index contributed by atoms with van der Waals surface area (Å²) in [7, 11) is 0. The van der Waals surface area contributed by atoms with Gasteiger partial charge in [0.15, 0.2) is 0 Å². The van der Waals surface area contributed by atoms with Crippen molar-refractivity contribution in [3.05, 3.63) is 66.3 Å². The lowest BCUT2D eigenvalue weighted by Crippen LogP contribution is -2.10. The maximum atomic E-state index is 7.30. The van der Waals surface area contributed by atoms with Crippen LogP contribution >= 0.6 is 0 Å². The minimum atomic E-state index is 0.0928. The predicted molar refractivity (Wildman–Crippen MR) is 70.4 cm³/mol. The van der Waals surface area contributed by atoms with Gasteiger partial charge in [0.2, 0.25) is 0 Å². The first kappa shape index (κ1) is 12.0. The summed E-state index contributed by atoms with van der Waals surface area (Å²) in [5, 5.41) is 7.30. The fourth-order valence-electron chi connectivity index (χ4n) is 1.37. The topological polar surface area (TPSA) is 49.9 Å². The highest BCUT2D eigenvalue weighted by atomic mass is 14.7. The van der Waals surface area contributed by atoms with Gasteiger partial charge in [0, 0.05) is 5.56 Å². The van der Waals surface area contributed by atoms with Gasteiger partial charge in [0.1, 0.15) is 5.84 Å². The van der Waals surface area contributed by atoms with E-state index in [1.807, 2.05) is 49.4 Å². The first-order chi connectivity index (χ1) is 7.69. The molecule has 0 spiro atoms. The summed E-state index contributed by atoms with van der Waals surface area (Å²) in [6, 6.07) is 7.62. The standard InChI is InChI=1S/C14H16N2/c1-3-5-6-11(4-2)12-7-9-13(10-8-12)14(15)16/h3-10H,1H2,2H3,(H3,15,16)/b6-5-,11-4+. The van der Waals surface area contributed by atoms with E-state index in [2.05, 4.69) is 6.58 Å². The zero-order chi connectivity index (χ0) is 12.0. The summed E-state index contributed by atoms with van der Waals surface area (Å²) < 4.78 is 0. The molecule has 0 saturated carbocycles. The van der Waals surface area contributed by atoms with E-state index in [0.29, 0.717) is 0 Å². The fraction of sp³-hybridized carbons (Fsp3) is 0.0714. The van der Waals surface area contributed by atoms with Crippen LogP contribution in [-0.2, 0) is 0 Å². The van der Waals surface area contributed by atoms with Gasteiger partial charge in [-0.25, -0.2) is 0 Å². The smallest absolute Gasteiger partial charge is 0.122 e. The number of rotatable bonds is 4. The molecule has 1 aromatic rings. The van der Waals surface area contributed by atoms with Crippen LogP contribution in [0.1, 0.15) is 18.1 Å². The molecule has 0 atom stereocenters. The van der Waals surface area contributed by atoms with Crippen LogP contribution in [0.4, 0.5) is 0 Å². The summed E-state index contributed by atoms with van der Waals surface area (Å²) in [6.07, 6.45) is 7.67. The second-order valence-electron chi connectivity index (χ2n) is 3.33. The number of benzene rings is 1.